The van der Waals surface area contributed by atoms with E-state index in [4.69, 9.17) is 14.2 Å². The van der Waals surface area contributed by atoms with Crippen molar-refractivity contribution >= 4 is 0 Å². The monoisotopic (exact) mass is 486 g/mol. The fourth-order valence-electron chi connectivity index (χ4n) is 2.35. The van der Waals surface area contributed by atoms with Crippen LogP contribution in [0.5, 0.6) is 11.5 Å². The molecule has 1 unspecified atom stereocenters. The molecule has 0 aromatic heterocycles. The molecule has 23 heavy (non-hydrogen) atoms. The number of ether oxygens (including phenoxy) is 3. The molecular formula is C18H22O4W. The van der Waals surface area contributed by atoms with Gasteiger partial charge in [0.25, 0.3) is 0 Å². The van der Waals surface area contributed by atoms with Crippen LogP contribution in [0, 0.1) is 0 Å². The van der Waals surface area contributed by atoms with Crippen LogP contribution in [-0.4, -0.2) is 32.7 Å². The zero-order valence-corrected chi connectivity index (χ0v) is 16.5. The van der Waals surface area contributed by atoms with Crippen molar-refractivity contribution in [3.63, 3.8) is 0 Å². The third kappa shape index (κ3) is 4.57. The Labute approximate surface area is 151 Å². The number of hydrogen-bond acceptors (Lipinski definition) is 4. The number of aliphatic hydroxyl groups is 1. The minimum atomic E-state index is -0.480. The van der Waals surface area contributed by atoms with Crippen LogP contribution >= 0.6 is 0 Å². The van der Waals surface area contributed by atoms with Gasteiger partial charge in [0.05, 0.1) is 13.7 Å². The average molecular weight is 486 g/mol. The van der Waals surface area contributed by atoms with Crippen LogP contribution in [-0.2, 0) is 31.2 Å². The molecule has 124 valence electrons. The standard InChI is InChI=1S/C18H22O4.W/c1-18(12-19,14-4-8-16(21-3)9-5-14)15-6-10-17(11-7-15)22-13-20-2;/h4-11,19H,12-13H2,1-3H3;. The summed E-state index contributed by atoms with van der Waals surface area (Å²) in [6.07, 6.45) is 0. The van der Waals surface area contributed by atoms with Crippen molar-refractivity contribution in [2.24, 2.45) is 0 Å². The van der Waals surface area contributed by atoms with Crippen molar-refractivity contribution in [3.8, 4) is 11.5 Å². The second-order valence-electron chi connectivity index (χ2n) is 5.29. The van der Waals surface area contributed by atoms with Gasteiger partial charge in [-0.25, -0.2) is 0 Å². The Bertz CT molecular complexity index is 583. The molecule has 1 N–H and O–H groups in total. The fraction of sp³-hybridized carbons (Fsp3) is 0.333. The van der Waals surface area contributed by atoms with E-state index in [-0.39, 0.29) is 34.5 Å². The van der Waals surface area contributed by atoms with E-state index >= 15 is 0 Å². The van der Waals surface area contributed by atoms with Gasteiger partial charge in [0, 0.05) is 33.6 Å². The van der Waals surface area contributed by atoms with E-state index in [0.29, 0.717) is 0 Å². The summed E-state index contributed by atoms with van der Waals surface area (Å²) >= 11 is 0. The summed E-state index contributed by atoms with van der Waals surface area (Å²) in [6.45, 7) is 2.24. The first-order chi connectivity index (χ1) is 10.6. The minimum Gasteiger partial charge on any atom is -0.497 e. The van der Waals surface area contributed by atoms with Gasteiger partial charge in [-0.2, -0.15) is 0 Å². The van der Waals surface area contributed by atoms with E-state index in [1.807, 2.05) is 55.5 Å². The molecule has 4 nitrogen and oxygen atoms in total. The zero-order valence-electron chi connectivity index (χ0n) is 13.6. The third-order valence-electron chi connectivity index (χ3n) is 3.88. The molecule has 0 aliphatic heterocycles. The Kier molecular flexibility index (Phi) is 7.77. The van der Waals surface area contributed by atoms with Gasteiger partial charge in [0.2, 0.25) is 0 Å². The van der Waals surface area contributed by atoms with Crippen molar-refractivity contribution in [1.29, 1.82) is 0 Å². The minimum absolute atomic E-state index is 0. The van der Waals surface area contributed by atoms with E-state index in [9.17, 15) is 5.11 Å². The molecule has 0 saturated heterocycles. The number of methoxy groups -OCH3 is 2. The van der Waals surface area contributed by atoms with E-state index in [2.05, 4.69) is 0 Å². The third-order valence-corrected chi connectivity index (χ3v) is 3.88. The van der Waals surface area contributed by atoms with Crippen molar-refractivity contribution in [2.75, 3.05) is 27.6 Å². The number of rotatable bonds is 7. The van der Waals surface area contributed by atoms with E-state index in [0.717, 1.165) is 22.6 Å². The van der Waals surface area contributed by atoms with E-state index in [1.54, 1.807) is 14.2 Å². The van der Waals surface area contributed by atoms with Gasteiger partial charge in [-0.1, -0.05) is 24.3 Å². The predicted molar refractivity (Wildman–Crippen MR) is 85.5 cm³/mol. The maximum absolute atomic E-state index is 9.95. The largest absolute Gasteiger partial charge is 0.497 e. The summed E-state index contributed by atoms with van der Waals surface area (Å²) in [4.78, 5) is 0. The Morgan fingerprint density at radius 1 is 0.870 bits per heavy atom. The number of hydrogen-bond donors (Lipinski definition) is 1. The van der Waals surface area contributed by atoms with Gasteiger partial charge in [-0.3, -0.25) is 0 Å². The fourth-order valence-corrected chi connectivity index (χ4v) is 2.35. The second-order valence-corrected chi connectivity index (χ2v) is 5.29. The van der Waals surface area contributed by atoms with E-state index < -0.39 is 5.41 Å². The maximum atomic E-state index is 9.95. The summed E-state index contributed by atoms with van der Waals surface area (Å²) in [5.74, 6) is 1.54. The van der Waals surface area contributed by atoms with Crippen LogP contribution in [0.4, 0.5) is 0 Å². The van der Waals surface area contributed by atoms with E-state index in [1.165, 1.54) is 0 Å². The predicted octanol–water partition coefficient (Wildman–Crippen LogP) is 2.97. The van der Waals surface area contributed by atoms with Crippen LogP contribution in [0.1, 0.15) is 18.1 Å². The molecule has 0 amide bonds. The van der Waals surface area contributed by atoms with Gasteiger partial charge in [-0.15, -0.1) is 0 Å². The molecule has 1 atom stereocenters. The van der Waals surface area contributed by atoms with Crippen molar-refractivity contribution < 1.29 is 40.4 Å². The molecule has 0 aliphatic carbocycles. The van der Waals surface area contributed by atoms with Crippen LogP contribution in [0.25, 0.3) is 0 Å². The quantitative estimate of drug-likeness (QED) is 0.612. The molecule has 0 bridgehead atoms. The van der Waals surface area contributed by atoms with Gasteiger partial charge < -0.3 is 19.3 Å². The van der Waals surface area contributed by atoms with Gasteiger partial charge >= 0.3 is 0 Å². The zero-order chi connectivity index (χ0) is 16.0. The molecule has 0 fully saturated rings. The summed E-state index contributed by atoms with van der Waals surface area (Å²) in [7, 11) is 3.22. The first-order valence-electron chi connectivity index (χ1n) is 7.11. The SMILES string of the molecule is COCOc1ccc(C(C)(CO)c2ccc(OC)cc2)cc1.[W]. The first kappa shape index (κ1) is 19.7. The molecule has 5 heteroatoms. The smallest absolute Gasteiger partial charge is 0.188 e. The van der Waals surface area contributed by atoms with Gasteiger partial charge in [-0.05, 0) is 42.3 Å². The molecule has 0 saturated carbocycles. The Hall–Kier alpha value is -1.35. The van der Waals surface area contributed by atoms with Crippen LogP contribution in [0.15, 0.2) is 48.5 Å². The molecule has 2 rings (SSSR count). The molecule has 0 radical (unpaired) electrons. The van der Waals surface area contributed by atoms with Crippen molar-refractivity contribution in [3.05, 3.63) is 59.7 Å². The van der Waals surface area contributed by atoms with Gasteiger partial charge in [0.15, 0.2) is 6.79 Å². The molecule has 2 aromatic rings. The second kappa shape index (κ2) is 9.07. The number of aliphatic hydroxyl groups excluding tert-OH is 1. The molecule has 0 heterocycles. The summed E-state index contributed by atoms with van der Waals surface area (Å²) < 4.78 is 15.5. The van der Waals surface area contributed by atoms with Crippen molar-refractivity contribution in [1.82, 2.24) is 0 Å². The maximum Gasteiger partial charge on any atom is 0.188 e. The topological polar surface area (TPSA) is 47.9 Å². The molecule has 0 spiro atoms. The molecular weight excluding hydrogens is 464 g/mol. The molecule has 0 aliphatic rings. The van der Waals surface area contributed by atoms with Crippen LogP contribution < -0.4 is 9.47 Å². The van der Waals surface area contributed by atoms with Crippen LogP contribution in [0.3, 0.4) is 0 Å². The summed E-state index contributed by atoms with van der Waals surface area (Å²) in [5.41, 5.74) is 1.57. The first-order valence-corrected chi connectivity index (χ1v) is 7.11. The van der Waals surface area contributed by atoms with Crippen LogP contribution in [0.2, 0.25) is 0 Å². The van der Waals surface area contributed by atoms with Gasteiger partial charge in [0.1, 0.15) is 11.5 Å². The average Bonchev–Trinajstić information content (AvgIpc) is 2.59. The normalized spacial score (nSPS) is 12.9. The summed E-state index contributed by atoms with van der Waals surface area (Å²) in [5, 5.41) is 9.95. The molecule has 2 aromatic carbocycles. The Balaban J connectivity index is 0.00000264. The van der Waals surface area contributed by atoms with Crippen molar-refractivity contribution in [2.45, 2.75) is 12.3 Å². The Morgan fingerprint density at radius 3 is 1.74 bits per heavy atom. The Morgan fingerprint density at radius 2 is 1.35 bits per heavy atom. The summed E-state index contributed by atoms with van der Waals surface area (Å²) in [6, 6.07) is 15.4. The number of benzene rings is 2.